The first-order chi connectivity index (χ1) is 13.4. The number of thioether (sulfide) groups is 1. The highest BCUT2D eigenvalue weighted by atomic mass is 35.5. The van der Waals surface area contributed by atoms with Gasteiger partial charge in [-0.05, 0) is 24.3 Å². The molecule has 10 heteroatoms. The van der Waals surface area contributed by atoms with Gasteiger partial charge in [0, 0.05) is 13.1 Å². The monoisotopic (exact) mass is 424 g/mol. The second-order valence-corrected chi connectivity index (χ2v) is 6.99. The predicted molar refractivity (Wildman–Crippen MR) is 102 cm³/mol. The summed E-state index contributed by atoms with van der Waals surface area (Å²) in [5.41, 5.74) is -0.0844. The average molecular weight is 425 g/mol. The number of amides is 1. The molecule has 0 atom stereocenters. The van der Waals surface area contributed by atoms with Crippen LogP contribution in [0.1, 0.15) is 5.82 Å². The molecule has 3 aromatic rings. The number of carbonyl (C=O) groups excluding carboxylic acids is 1. The van der Waals surface area contributed by atoms with Gasteiger partial charge in [-0.3, -0.25) is 4.79 Å². The second-order valence-electron chi connectivity index (χ2n) is 5.64. The molecule has 0 aliphatic carbocycles. The van der Waals surface area contributed by atoms with Gasteiger partial charge in [-0.2, -0.15) is 0 Å². The van der Waals surface area contributed by atoms with E-state index in [1.807, 2.05) is 6.07 Å². The predicted octanol–water partition coefficient (Wildman–Crippen LogP) is 4.06. The Morgan fingerprint density at radius 3 is 2.79 bits per heavy atom. The van der Waals surface area contributed by atoms with Gasteiger partial charge in [0.15, 0.2) is 11.0 Å². The molecule has 1 N–H and O–H groups in total. The molecular formula is C18H15ClF2N4O2S. The maximum absolute atomic E-state index is 13.6. The van der Waals surface area contributed by atoms with Crippen LogP contribution in [0.15, 0.2) is 47.6 Å². The Labute approximate surface area is 168 Å². The Bertz CT molecular complexity index is 999. The van der Waals surface area contributed by atoms with Crippen molar-refractivity contribution in [2.75, 3.05) is 11.1 Å². The fourth-order valence-corrected chi connectivity index (χ4v) is 3.13. The lowest BCUT2D eigenvalue weighted by atomic mass is 10.3. The molecule has 0 spiro atoms. The molecule has 0 saturated carbocycles. The van der Waals surface area contributed by atoms with Crippen molar-refractivity contribution in [2.24, 2.45) is 7.05 Å². The fraction of sp³-hybridized carbons (Fsp3) is 0.167. The summed E-state index contributed by atoms with van der Waals surface area (Å²) in [5, 5.41) is 11.4. The zero-order valence-electron chi connectivity index (χ0n) is 14.7. The maximum atomic E-state index is 13.6. The van der Waals surface area contributed by atoms with E-state index in [1.165, 1.54) is 6.07 Å². The maximum Gasteiger partial charge on any atom is 0.234 e. The number of anilines is 1. The van der Waals surface area contributed by atoms with Crippen molar-refractivity contribution in [3.63, 3.8) is 0 Å². The van der Waals surface area contributed by atoms with Crippen LogP contribution in [0.4, 0.5) is 14.5 Å². The molecule has 1 heterocycles. The summed E-state index contributed by atoms with van der Waals surface area (Å²) in [5.74, 6) is -0.942. The Kier molecular flexibility index (Phi) is 6.48. The van der Waals surface area contributed by atoms with Crippen LogP contribution in [0.5, 0.6) is 5.75 Å². The van der Waals surface area contributed by atoms with Gasteiger partial charge in [-0.1, -0.05) is 35.5 Å². The second kappa shape index (κ2) is 9.03. The van der Waals surface area contributed by atoms with Crippen molar-refractivity contribution < 1.29 is 18.3 Å². The number of ether oxygens (including phenoxy) is 1. The third kappa shape index (κ3) is 4.99. The first-order valence-electron chi connectivity index (χ1n) is 8.07. The SMILES string of the molecule is Cn1c(COc2ccccc2Cl)nnc1SCC(=O)Nc1ccc(F)cc1F. The summed E-state index contributed by atoms with van der Waals surface area (Å²) in [6, 6.07) is 10.0. The first kappa shape index (κ1) is 20.1. The topological polar surface area (TPSA) is 69.0 Å². The lowest BCUT2D eigenvalue weighted by Gasteiger charge is -2.08. The highest BCUT2D eigenvalue weighted by Crippen LogP contribution is 2.24. The molecule has 6 nitrogen and oxygen atoms in total. The van der Waals surface area contributed by atoms with E-state index in [-0.39, 0.29) is 18.0 Å². The molecule has 1 amide bonds. The van der Waals surface area contributed by atoms with Crippen molar-refractivity contribution in [3.05, 3.63) is 64.9 Å². The van der Waals surface area contributed by atoms with Crippen molar-refractivity contribution in [2.45, 2.75) is 11.8 Å². The Morgan fingerprint density at radius 1 is 1.25 bits per heavy atom. The summed E-state index contributed by atoms with van der Waals surface area (Å²) in [6.07, 6.45) is 0. The molecule has 2 aromatic carbocycles. The van der Waals surface area contributed by atoms with E-state index in [0.717, 1.165) is 17.8 Å². The van der Waals surface area contributed by atoms with Crippen molar-refractivity contribution >= 4 is 35.0 Å². The fourth-order valence-electron chi connectivity index (χ4n) is 2.21. The molecule has 0 aliphatic heterocycles. The smallest absolute Gasteiger partial charge is 0.234 e. The molecule has 146 valence electrons. The zero-order chi connectivity index (χ0) is 20.1. The van der Waals surface area contributed by atoms with Gasteiger partial charge in [-0.15, -0.1) is 10.2 Å². The Hall–Kier alpha value is -2.65. The minimum absolute atomic E-state index is 0.0197. The largest absolute Gasteiger partial charge is 0.484 e. The van der Waals surface area contributed by atoms with Crippen LogP contribution in [-0.2, 0) is 18.4 Å². The van der Waals surface area contributed by atoms with Gasteiger partial charge < -0.3 is 14.6 Å². The molecule has 0 aliphatic rings. The third-order valence-corrected chi connectivity index (χ3v) is 4.99. The number of hydrogen-bond acceptors (Lipinski definition) is 5. The summed E-state index contributed by atoms with van der Waals surface area (Å²) >= 11 is 7.17. The van der Waals surface area contributed by atoms with Crippen molar-refractivity contribution in [1.29, 1.82) is 0 Å². The minimum Gasteiger partial charge on any atom is -0.484 e. The standard InChI is InChI=1S/C18H15ClF2N4O2S/c1-25-16(9-27-15-5-3-2-4-12(15)19)23-24-18(25)28-10-17(26)22-14-7-6-11(20)8-13(14)21/h2-8H,9-10H2,1H3,(H,22,26). The molecule has 28 heavy (non-hydrogen) atoms. The molecule has 0 saturated heterocycles. The Morgan fingerprint density at radius 2 is 2.04 bits per heavy atom. The first-order valence-corrected chi connectivity index (χ1v) is 9.43. The number of rotatable bonds is 7. The summed E-state index contributed by atoms with van der Waals surface area (Å²) in [4.78, 5) is 12.0. The van der Waals surface area contributed by atoms with Gasteiger partial charge in [0.25, 0.3) is 0 Å². The van der Waals surface area contributed by atoms with E-state index in [9.17, 15) is 13.6 Å². The lowest BCUT2D eigenvalue weighted by molar-refractivity contribution is -0.113. The van der Waals surface area contributed by atoms with Crippen LogP contribution in [0.25, 0.3) is 0 Å². The number of halogens is 3. The number of nitrogens with one attached hydrogen (secondary N) is 1. The van der Waals surface area contributed by atoms with Crippen LogP contribution in [0, 0.1) is 11.6 Å². The van der Waals surface area contributed by atoms with Crippen molar-refractivity contribution in [3.8, 4) is 5.75 Å². The van der Waals surface area contributed by atoms with Gasteiger partial charge >= 0.3 is 0 Å². The van der Waals surface area contributed by atoms with Gasteiger partial charge in [-0.25, -0.2) is 8.78 Å². The van der Waals surface area contributed by atoms with Gasteiger partial charge in [0.05, 0.1) is 16.5 Å². The average Bonchev–Trinajstić information content (AvgIpc) is 3.01. The van der Waals surface area contributed by atoms with E-state index in [4.69, 9.17) is 16.3 Å². The lowest BCUT2D eigenvalue weighted by Crippen LogP contribution is -2.15. The highest BCUT2D eigenvalue weighted by molar-refractivity contribution is 7.99. The van der Waals surface area contributed by atoms with E-state index in [1.54, 1.807) is 29.8 Å². The van der Waals surface area contributed by atoms with E-state index < -0.39 is 17.5 Å². The van der Waals surface area contributed by atoms with Crippen LogP contribution in [0.3, 0.4) is 0 Å². The molecule has 3 rings (SSSR count). The normalized spacial score (nSPS) is 10.7. The van der Waals surface area contributed by atoms with Crippen LogP contribution < -0.4 is 10.1 Å². The number of benzene rings is 2. The number of carbonyl (C=O) groups is 1. The number of aromatic nitrogens is 3. The summed E-state index contributed by atoms with van der Waals surface area (Å²) in [7, 11) is 1.74. The van der Waals surface area contributed by atoms with Crippen LogP contribution in [0.2, 0.25) is 5.02 Å². The zero-order valence-corrected chi connectivity index (χ0v) is 16.2. The third-order valence-electron chi connectivity index (χ3n) is 3.66. The van der Waals surface area contributed by atoms with E-state index in [2.05, 4.69) is 15.5 Å². The summed E-state index contributed by atoms with van der Waals surface area (Å²) < 4.78 is 33.8. The molecule has 0 bridgehead atoms. The quantitative estimate of drug-likeness (QED) is 0.579. The molecule has 1 aromatic heterocycles. The van der Waals surface area contributed by atoms with Gasteiger partial charge in [0.2, 0.25) is 5.91 Å². The molecule has 0 radical (unpaired) electrons. The molecule has 0 unspecified atom stereocenters. The van der Waals surface area contributed by atoms with Crippen LogP contribution in [-0.4, -0.2) is 26.4 Å². The number of para-hydroxylation sites is 1. The van der Waals surface area contributed by atoms with E-state index in [0.29, 0.717) is 27.8 Å². The Balaban J connectivity index is 1.55. The summed E-state index contributed by atoms with van der Waals surface area (Å²) in [6.45, 7) is 0.154. The van der Waals surface area contributed by atoms with Crippen LogP contribution >= 0.6 is 23.4 Å². The van der Waals surface area contributed by atoms with E-state index >= 15 is 0 Å². The number of hydrogen-bond donors (Lipinski definition) is 1. The van der Waals surface area contributed by atoms with Gasteiger partial charge in [0.1, 0.15) is 24.0 Å². The number of nitrogens with zero attached hydrogens (tertiary/aromatic N) is 3. The highest BCUT2D eigenvalue weighted by Gasteiger charge is 2.14. The van der Waals surface area contributed by atoms with Crippen molar-refractivity contribution in [1.82, 2.24) is 14.8 Å². The molecule has 0 fully saturated rings. The minimum atomic E-state index is -0.837. The molecular weight excluding hydrogens is 410 g/mol.